The number of hydrogen-bond donors (Lipinski definition) is 2. The van der Waals surface area contributed by atoms with E-state index < -0.39 is 0 Å². The number of rotatable bonds is 3. The first-order valence-electron chi connectivity index (χ1n) is 6.15. The van der Waals surface area contributed by atoms with Crippen molar-refractivity contribution < 1.29 is 9.59 Å². The molecule has 0 aliphatic rings. The van der Waals surface area contributed by atoms with Crippen molar-refractivity contribution >= 4 is 23.3 Å². The van der Waals surface area contributed by atoms with E-state index in [0.29, 0.717) is 5.82 Å². The van der Waals surface area contributed by atoms with Gasteiger partial charge in [-0.25, -0.2) is 0 Å². The highest BCUT2D eigenvalue weighted by molar-refractivity contribution is 5.89. The zero-order valence-electron chi connectivity index (χ0n) is 11.6. The van der Waals surface area contributed by atoms with Crippen LogP contribution in [0.5, 0.6) is 0 Å². The maximum atomic E-state index is 11.1. The molecule has 0 radical (unpaired) electrons. The van der Waals surface area contributed by atoms with E-state index in [-0.39, 0.29) is 11.8 Å². The molecule has 2 N–H and O–H groups in total. The summed E-state index contributed by atoms with van der Waals surface area (Å²) in [4.78, 5) is 22.0. The molecule has 0 aliphatic heterocycles. The first kappa shape index (κ1) is 13.8. The number of carbonyl (C=O) groups is 2. The lowest BCUT2D eigenvalue weighted by atomic mass is 10.1. The normalized spacial score (nSPS) is 10.2. The molecule has 0 fully saturated rings. The van der Waals surface area contributed by atoms with Gasteiger partial charge in [-0.15, -0.1) is 0 Å². The van der Waals surface area contributed by atoms with Gasteiger partial charge in [0.15, 0.2) is 0 Å². The molecule has 6 heteroatoms. The predicted octanol–water partition coefficient (Wildman–Crippen LogP) is 2.00. The number of aromatic nitrogens is 2. The molecule has 0 aliphatic carbocycles. The fourth-order valence-electron chi connectivity index (χ4n) is 1.83. The van der Waals surface area contributed by atoms with Crippen LogP contribution in [0.4, 0.5) is 11.5 Å². The number of nitrogens with zero attached hydrogens (tertiary/aromatic N) is 2. The minimum atomic E-state index is -0.138. The third kappa shape index (κ3) is 3.23. The zero-order valence-corrected chi connectivity index (χ0v) is 11.6. The fourth-order valence-corrected chi connectivity index (χ4v) is 1.83. The number of benzene rings is 1. The van der Waals surface area contributed by atoms with Gasteiger partial charge in [0.1, 0.15) is 5.82 Å². The number of nitrogens with one attached hydrogen (secondary N) is 2. The molecule has 0 saturated carbocycles. The Hall–Kier alpha value is -2.63. The number of hydrogen-bond acceptors (Lipinski definition) is 3. The van der Waals surface area contributed by atoms with Gasteiger partial charge in [0.2, 0.25) is 11.8 Å². The molecule has 20 heavy (non-hydrogen) atoms. The summed E-state index contributed by atoms with van der Waals surface area (Å²) in [6, 6.07) is 9.15. The third-order valence-corrected chi connectivity index (χ3v) is 2.68. The molecule has 6 nitrogen and oxygen atoms in total. The Labute approximate surface area is 116 Å². The van der Waals surface area contributed by atoms with E-state index >= 15 is 0 Å². The fraction of sp³-hybridized carbons (Fsp3) is 0.214. The van der Waals surface area contributed by atoms with Gasteiger partial charge < -0.3 is 10.6 Å². The highest BCUT2D eigenvalue weighted by atomic mass is 16.2. The average molecular weight is 272 g/mol. The second-order valence-electron chi connectivity index (χ2n) is 4.48. The molecular formula is C14H16N4O2. The van der Waals surface area contributed by atoms with Crippen molar-refractivity contribution in [1.82, 2.24) is 9.78 Å². The van der Waals surface area contributed by atoms with E-state index in [0.717, 1.165) is 16.9 Å². The van der Waals surface area contributed by atoms with Gasteiger partial charge >= 0.3 is 0 Å². The van der Waals surface area contributed by atoms with E-state index in [2.05, 4.69) is 15.7 Å². The van der Waals surface area contributed by atoms with Crippen LogP contribution < -0.4 is 10.6 Å². The van der Waals surface area contributed by atoms with Crippen LogP contribution in [-0.4, -0.2) is 21.6 Å². The van der Waals surface area contributed by atoms with Gasteiger partial charge in [0, 0.05) is 38.2 Å². The van der Waals surface area contributed by atoms with Crippen molar-refractivity contribution in [3.63, 3.8) is 0 Å². The number of anilines is 2. The van der Waals surface area contributed by atoms with E-state index in [1.54, 1.807) is 17.8 Å². The second kappa shape index (κ2) is 5.56. The monoisotopic (exact) mass is 272 g/mol. The zero-order chi connectivity index (χ0) is 14.7. The van der Waals surface area contributed by atoms with Crippen molar-refractivity contribution in [2.45, 2.75) is 13.8 Å². The van der Waals surface area contributed by atoms with Crippen molar-refractivity contribution in [3.8, 4) is 11.3 Å². The van der Waals surface area contributed by atoms with Crippen LogP contribution in [0.3, 0.4) is 0 Å². The van der Waals surface area contributed by atoms with Crippen molar-refractivity contribution in [3.05, 3.63) is 30.3 Å². The Kier molecular flexibility index (Phi) is 3.84. The summed E-state index contributed by atoms with van der Waals surface area (Å²) in [5.74, 6) is 0.391. The van der Waals surface area contributed by atoms with Crippen LogP contribution in [0, 0.1) is 0 Å². The Morgan fingerprint density at radius 3 is 2.20 bits per heavy atom. The first-order chi connectivity index (χ1) is 9.45. The Balaban J connectivity index is 2.23. The molecule has 104 valence electrons. The summed E-state index contributed by atoms with van der Waals surface area (Å²) >= 11 is 0. The second-order valence-corrected chi connectivity index (χ2v) is 4.48. The molecule has 0 atom stereocenters. The summed E-state index contributed by atoms with van der Waals surface area (Å²) in [6.07, 6.45) is 0. The Morgan fingerprint density at radius 1 is 1.05 bits per heavy atom. The predicted molar refractivity (Wildman–Crippen MR) is 77.3 cm³/mol. The van der Waals surface area contributed by atoms with E-state index in [1.165, 1.54) is 13.8 Å². The van der Waals surface area contributed by atoms with Crippen LogP contribution >= 0.6 is 0 Å². The third-order valence-electron chi connectivity index (χ3n) is 2.68. The quantitative estimate of drug-likeness (QED) is 0.897. The van der Waals surface area contributed by atoms with Gasteiger partial charge in [-0.1, -0.05) is 12.1 Å². The summed E-state index contributed by atoms with van der Waals surface area (Å²) < 4.78 is 1.61. The van der Waals surface area contributed by atoms with Crippen molar-refractivity contribution in [1.29, 1.82) is 0 Å². The van der Waals surface area contributed by atoms with Crippen molar-refractivity contribution in [2.75, 3.05) is 10.6 Å². The molecule has 0 unspecified atom stereocenters. The summed E-state index contributed by atoms with van der Waals surface area (Å²) in [5.41, 5.74) is 2.40. The SMILES string of the molecule is CC(=O)Nc1ccc(-c2cc(NC(C)=O)n(C)n2)cc1. The van der Waals surface area contributed by atoms with Gasteiger partial charge in [-0.2, -0.15) is 5.10 Å². The minimum absolute atomic E-state index is 0.108. The lowest BCUT2D eigenvalue weighted by molar-refractivity contribution is -0.115. The molecule has 2 rings (SSSR count). The van der Waals surface area contributed by atoms with Crippen LogP contribution in [-0.2, 0) is 16.6 Å². The minimum Gasteiger partial charge on any atom is -0.326 e. The summed E-state index contributed by atoms with van der Waals surface area (Å²) in [6.45, 7) is 2.92. The standard InChI is InChI=1S/C14H16N4O2/c1-9(19)15-12-6-4-11(5-7-12)13-8-14(16-10(2)20)18(3)17-13/h4-8H,1-3H3,(H,15,19)(H,16,20). The van der Waals surface area contributed by atoms with Crippen LogP contribution in [0.1, 0.15) is 13.8 Å². The highest BCUT2D eigenvalue weighted by Gasteiger charge is 2.08. The van der Waals surface area contributed by atoms with Gasteiger partial charge in [0.25, 0.3) is 0 Å². The maximum Gasteiger partial charge on any atom is 0.222 e. The number of aryl methyl sites for hydroxylation is 1. The van der Waals surface area contributed by atoms with Crippen molar-refractivity contribution in [2.24, 2.45) is 7.05 Å². The molecule has 0 saturated heterocycles. The molecule has 0 spiro atoms. The maximum absolute atomic E-state index is 11.1. The van der Waals surface area contributed by atoms with Crippen LogP contribution in [0.2, 0.25) is 0 Å². The van der Waals surface area contributed by atoms with Crippen LogP contribution in [0.25, 0.3) is 11.3 Å². The van der Waals surface area contributed by atoms with E-state index in [9.17, 15) is 9.59 Å². The van der Waals surface area contributed by atoms with E-state index in [4.69, 9.17) is 0 Å². The smallest absolute Gasteiger partial charge is 0.222 e. The number of carbonyl (C=O) groups excluding carboxylic acids is 2. The molecule has 2 amide bonds. The summed E-state index contributed by atoms with van der Waals surface area (Å²) in [5, 5.41) is 9.75. The van der Waals surface area contributed by atoms with Gasteiger partial charge in [-0.3, -0.25) is 14.3 Å². The molecule has 1 aromatic carbocycles. The molecule has 2 aromatic rings. The first-order valence-corrected chi connectivity index (χ1v) is 6.15. The highest BCUT2D eigenvalue weighted by Crippen LogP contribution is 2.23. The average Bonchev–Trinajstić information content (AvgIpc) is 2.70. The Morgan fingerprint density at radius 2 is 1.65 bits per heavy atom. The summed E-state index contributed by atoms with van der Waals surface area (Å²) in [7, 11) is 1.76. The molecule has 0 bridgehead atoms. The van der Waals surface area contributed by atoms with Gasteiger partial charge in [-0.05, 0) is 12.1 Å². The topological polar surface area (TPSA) is 76.0 Å². The molecular weight excluding hydrogens is 256 g/mol. The largest absolute Gasteiger partial charge is 0.326 e. The van der Waals surface area contributed by atoms with Gasteiger partial charge in [0.05, 0.1) is 5.69 Å². The number of amides is 2. The molecule has 1 aromatic heterocycles. The molecule has 1 heterocycles. The van der Waals surface area contributed by atoms with Crippen LogP contribution in [0.15, 0.2) is 30.3 Å². The lowest BCUT2D eigenvalue weighted by Crippen LogP contribution is -2.09. The Bertz CT molecular complexity index is 644. The van der Waals surface area contributed by atoms with E-state index in [1.807, 2.05) is 24.3 Å². The lowest BCUT2D eigenvalue weighted by Gasteiger charge is -2.02.